The number of nitrogens with two attached hydrogens (primary N) is 1. The highest BCUT2D eigenvalue weighted by Crippen LogP contribution is 2.48. The van der Waals surface area contributed by atoms with E-state index < -0.39 is 29.8 Å². The molecule has 2 heterocycles. The summed E-state index contributed by atoms with van der Waals surface area (Å²) < 4.78 is 5.93. The van der Waals surface area contributed by atoms with Crippen molar-refractivity contribution in [1.29, 1.82) is 0 Å². The molecule has 2 N–H and O–H groups in total. The minimum absolute atomic E-state index is 0.140. The van der Waals surface area contributed by atoms with Crippen LogP contribution in [0.2, 0.25) is 4.34 Å². The van der Waals surface area contributed by atoms with Crippen LogP contribution < -0.4 is 10.5 Å². The molecule has 0 spiro atoms. The average molecular weight is 535 g/mol. The first-order chi connectivity index (χ1) is 17.9. The van der Waals surface area contributed by atoms with Gasteiger partial charge in [0.15, 0.2) is 5.78 Å². The second kappa shape index (κ2) is 10.5. The molecule has 4 atom stereocenters. The summed E-state index contributed by atoms with van der Waals surface area (Å²) in [6, 6.07) is 18.6. The van der Waals surface area contributed by atoms with Crippen molar-refractivity contribution < 1.29 is 19.1 Å². The van der Waals surface area contributed by atoms with E-state index in [0.717, 1.165) is 18.4 Å². The van der Waals surface area contributed by atoms with Gasteiger partial charge in [-0.2, -0.15) is 0 Å². The van der Waals surface area contributed by atoms with Gasteiger partial charge in [0.1, 0.15) is 11.8 Å². The lowest BCUT2D eigenvalue weighted by Crippen LogP contribution is -2.49. The Labute approximate surface area is 224 Å². The zero-order valence-electron chi connectivity index (χ0n) is 20.3. The van der Waals surface area contributed by atoms with Gasteiger partial charge in [-0.1, -0.05) is 66.2 Å². The molecular formula is C29H27ClN2O4S. The number of ether oxygens (including phenoxy) is 1. The number of benzene rings is 2. The fourth-order valence-corrected chi connectivity index (χ4v) is 6.26. The molecule has 2 amide bonds. The van der Waals surface area contributed by atoms with Crippen molar-refractivity contribution in [2.75, 3.05) is 7.11 Å². The molecule has 190 valence electrons. The van der Waals surface area contributed by atoms with Gasteiger partial charge >= 0.3 is 0 Å². The summed E-state index contributed by atoms with van der Waals surface area (Å²) >= 11 is 7.38. The van der Waals surface area contributed by atoms with Crippen molar-refractivity contribution in [1.82, 2.24) is 4.90 Å². The number of hydrogen-bond donors (Lipinski definition) is 1. The van der Waals surface area contributed by atoms with Crippen molar-refractivity contribution >= 4 is 46.6 Å². The van der Waals surface area contributed by atoms with Crippen LogP contribution in [0.5, 0.6) is 5.75 Å². The highest BCUT2D eigenvalue weighted by atomic mass is 35.5. The first-order valence-corrected chi connectivity index (χ1v) is 13.4. The first-order valence-electron chi connectivity index (χ1n) is 12.2. The van der Waals surface area contributed by atoms with Crippen LogP contribution in [-0.4, -0.2) is 41.7 Å². The van der Waals surface area contributed by atoms with Crippen molar-refractivity contribution in [3.05, 3.63) is 93.1 Å². The summed E-state index contributed by atoms with van der Waals surface area (Å²) in [5.41, 5.74) is 7.64. The number of rotatable bonds is 8. The first kappa shape index (κ1) is 25.2. The van der Waals surface area contributed by atoms with Gasteiger partial charge in [0.05, 0.1) is 28.3 Å². The van der Waals surface area contributed by atoms with Crippen LogP contribution in [0.25, 0.3) is 6.08 Å². The molecule has 37 heavy (non-hydrogen) atoms. The van der Waals surface area contributed by atoms with E-state index in [-0.39, 0.29) is 17.6 Å². The molecule has 1 aliphatic heterocycles. The number of ketones is 1. The molecule has 8 heteroatoms. The molecule has 3 aromatic rings. The van der Waals surface area contributed by atoms with Gasteiger partial charge in [-0.15, -0.1) is 11.3 Å². The van der Waals surface area contributed by atoms with E-state index in [1.54, 1.807) is 30.2 Å². The molecule has 2 aromatic carbocycles. The van der Waals surface area contributed by atoms with Gasteiger partial charge < -0.3 is 15.4 Å². The average Bonchev–Trinajstić information content (AvgIpc) is 3.58. The van der Waals surface area contributed by atoms with Crippen LogP contribution in [-0.2, 0) is 9.59 Å². The van der Waals surface area contributed by atoms with Gasteiger partial charge in [-0.05, 0) is 48.2 Å². The molecule has 6 nitrogen and oxygen atoms in total. The fourth-order valence-electron chi connectivity index (χ4n) is 5.23. The number of nitrogens with zero attached hydrogens (tertiary/aromatic N) is 1. The predicted molar refractivity (Wildman–Crippen MR) is 145 cm³/mol. The zero-order valence-corrected chi connectivity index (χ0v) is 21.8. The number of carbonyl (C=O) groups is 3. The largest absolute Gasteiger partial charge is 0.497 e. The third-order valence-electron chi connectivity index (χ3n) is 7.07. The van der Waals surface area contributed by atoms with E-state index in [1.165, 1.54) is 11.3 Å². The van der Waals surface area contributed by atoms with Crippen LogP contribution in [0.15, 0.2) is 72.8 Å². The molecule has 0 bridgehead atoms. The number of amides is 2. The monoisotopic (exact) mass is 534 g/mol. The molecule has 1 saturated heterocycles. The molecule has 5 rings (SSSR count). The molecular weight excluding hydrogens is 508 g/mol. The van der Waals surface area contributed by atoms with E-state index in [4.69, 9.17) is 22.1 Å². The Morgan fingerprint density at radius 1 is 1.05 bits per heavy atom. The summed E-state index contributed by atoms with van der Waals surface area (Å²) in [5.74, 6) is -1.93. The lowest BCUT2D eigenvalue weighted by Gasteiger charge is -2.29. The van der Waals surface area contributed by atoms with E-state index >= 15 is 0 Å². The van der Waals surface area contributed by atoms with Crippen molar-refractivity contribution in [2.24, 2.45) is 17.6 Å². The van der Waals surface area contributed by atoms with Crippen molar-refractivity contribution in [3.63, 3.8) is 0 Å². The Balaban J connectivity index is 1.69. The molecule has 1 aromatic heterocycles. The van der Waals surface area contributed by atoms with Gasteiger partial charge in [-0.25, -0.2) is 0 Å². The molecule has 0 radical (unpaired) electrons. The quantitative estimate of drug-likeness (QED) is 0.403. The van der Waals surface area contributed by atoms with Gasteiger partial charge in [0.2, 0.25) is 11.8 Å². The zero-order chi connectivity index (χ0) is 26.1. The van der Waals surface area contributed by atoms with E-state index in [1.807, 2.05) is 60.7 Å². The summed E-state index contributed by atoms with van der Waals surface area (Å²) in [6.07, 6.45) is 5.28. The Kier molecular flexibility index (Phi) is 7.17. The Hall–Kier alpha value is -3.42. The van der Waals surface area contributed by atoms with Gasteiger partial charge in [-0.3, -0.25) is 14.4 Å². The highest BCUT2D eigenvalue weighted by molar-refractivity contribution is 7.18. The number of likely N-dealkylation sites (tertiary alicyclic amines) is 1. The normalized spacial score (nSPS) is 23.4. The molecule has 1 aliphatic carbocycles. The summed E-state index contributed by atoms with van der Waals surface area (Å²) in [7, 11) is 1.56. The Morgan fingerprint density at radius 2 is 1.81 bits per heavy atom. The van der Waals surface area contributed by atoms with Crippen LogP contribution in [0.4, 0.5) is 0 Å². The SMILES string of the molecule is COc1cccc(C2C(C(=O)c3ccc(Cl)s3)C(C=Cc3ccccc3)N(C(=O)C3CC3)C2C(N)=O)c1. The fraction of sp³-hybridized carbons (Fsp3) is 0.276. The summed E-state index contributed by atoms with van der Waals surface area (Å²) in [6.45, 7) is 0. The minimum Gasteiger partial charge on any atom is -0.497 e. The van der Waals surface area contributed by atoms with Crippen LogP contribution >= 0.6 is 22.9 Å². The number of methoxy groups -OCH3 is 1. The lowest BCUT2D eigenvalue weighted by atomic mass is 9.78. The maximum atomic E-state index is 14.1. The lowest BCUT2D eigenvalue weighted by molar-refractivity contribution is -0.139. The van der Waals surface area contributed by atoms with E-state index in [9.17, 15) is 14.4 Å². The summed E-state index contributed by atoms with van der Waals surface area (Å²) in [4.78, 5) is 42.9. The van der Waals surface area contributed by atoms with Crippen LogP contribution in [0.3, 0.4) is 0 Å². The second-order valence-corrected chi connectivity index (χ2v) is 11.1. The molecule has 4 unspecified atom stereocenters. The topological polar surface area (TPSA) is 89.7 Å². The number of thiophene rings is 1. The maximum absolute atomic E-state index is 14.1. The van der Waals surface area contributed by atoms with Crippen LogP contribution in [0, 0.1) is 11.8 Å². The number of hydrogen-bond acceptors (Lipinski definition) is 5. The molecule has 1 saturated carbocycles. The number of primary amides is 1. The predicted octanol–water partition coefficient (Wildman–Crippen LogP) is 5.18. The minimum atomic E-state index is -0.991. The standard InChI is InChI=1S/C29H27ClN2O4S/c1-36-20-9-5-8-19(16-20)24-25(27(33)22-14-15-23(30)37-22)21(13-10-17-6-3-2-4-7-17)32(26(24)28(31)34)29(35)18-11-12-18/h2-10,13-16,18,21,24-26H,11-12H2,1H3,(H2,31,34). The third kappa shape index (κ3) is 5.06. The van der Waals surface area contributed by atoms with Gasteiger partial charge in [0, 0.05) is 11.8 Å². The van der Waals surface area contributed by atoms with Crippen molar-refractivity contribution in [3.8, 4) is 5.75 Å². The number of halogens is 1. The highest BCUT2D eigenvalue weighted by Gasteiger charge is 2.57. The number of carbonyl (C=O) groups excluding carboxylic acids is 3. The van der Waals surface area contributed by atoms with Crippen LogP contribution in [0.1, 0.15) is 39.6 Å². The second-order valence-electron chi connectivity index (χ2n) is 9.42. The van der Waals surface area contributed by atoms with E-state index in [0.29, 0.717) is 20.5 Å². The Morgan fingerprint density at radius 3 is 2.43 bits per heavy atom. The molecule has 2 aliphatic rings. The smallest absolute Gasteiger partial charge is 0.240 e. The van der Waals surface area contributed by atoms with Crippen molar-refractivity contribution in [2.45, 2.75) is 30.8 Å². The maximum Gasteiger partial charge on any atom is 0.240 e. The summed E-state index contributed by atoms with van der Waals surface area (Å²) in [5, 5.41) is 0. The Bertz CT molecular complexity index is 1350. The van der Waals surface area contributed by atoms with E-state index in [2.05, 4.69) is 0 Å². The van der Waals surface area contributed by atoms with Gasteiger partial charge in [0.25, 0.3) is 0 Å². The molecule has 2 fully saturated rings. The number of Topliss-reactive ketones (excluding diaryl/α,β-unsaturated/α-hetero) is 1. The third-order valence-corrected chi connectivity index (χ3v) is 8.32.